The molecule has 0 bridgehead atoms. The van der Waals surface area contributed by atoms with Gasteiger partial charge in [-0.2, -0.15) is 0 Å². The predicted molar refractivity (Wildman–Crippen MR) is 73.6 cm³/mol. The zero-order valence-corrected chi connectivity index (χ0v) is 11.4. The van der Waals surface area contributed by atoms with Gasteiger partial charge in [0.15, 0.2) is 11.6 Å². The van der Waals surface area contributed by atoms with Gasteiger partial charge >= 0.3 is 5.69 Å². The van der Waals surface area contributed by atoms with Gasteiger partial charge in [-0.1, -0.05) is 25.1 Å². The summed E-state index contributed by atoms with van der Waals surface area (Å²) >= 11 is 0. The Bertz CT molecular complexity index is 649. The van der Waals surface area contributed by atoms with Crippen LogP contribution in [0.2, 0.25) is 0 Å². The van der Waals surface area contributed by atoms with Crippen LogP contribution >= 0.6 is 0 Å². The average Bonchev–Trinajstić information content (AvgIpc) is 2.79. The van der Waals surface area contributed by atoms with E-state index < -0.39 is 4.92 Å². The summed E-state index contributed by atoms with van der Waals surface area (Å²) in [6, 6.07) is 4.62. The van der Waals surface area contributed by atoms with Gasteiger partial charge in [0, 0.05) is 11.6 Å². The van der Waals surface area contributed by atoms with E-state index in [9.17, 15) is 10.1 Å². The number of benzene rings is 1. The number of nitrogens with zero attached hydrogens (tertiary/aromatic N) is 2. The number of nitrogen functional groups attached to an aromatic ring is 1. The van der Waals surface area contributed by atoms with Crippen molar-refractivity contribution in [2.45, 2.75) is 19.8 Å². The lowest BCUT2D eigenvalue weighted by atomic mass is 9.98. The molecule has 0 fully saturated rings. The summed E-state index contributed by atoms with van der Waals surface area (Å²) in [4.78, 5) is 10.5. The van der Waals surface area contributed by atoms with Crippen LogP contribution in [0.3, 0.4) is 0 Å². The topological polar surface area (TPSA) is 104 Å². The van der Waals surface area contributed by atoms with E-state index in [4.69, 9.17) is 15.0 Å². The molecule has 0 atom stereocenters. The molecule has 7 nitrogen and oxygen atoms in total. The van der Waals surface area contributed by atoms with Crippen molar-refractivity contribution < 1.29 is 14.2 Å². The first kappa shape index (κ1) is 13.9. The molecule has 2 aromatic rings. The molecule has 1 heterocycles. The standard InChI is InChI=1S/C13H15N3O4/c1-7(2)10-12(20-15-13(10)14)8-5-4-6-9(16(17)18)11(8)19-3/h4-7H,1-3H3,(H2,14,15). The van der Waals surface area contributed by atoms with Crippen molar-refractivity contribution in [2.24, 2.45) is 0 Å². The van der Waals surface area contributed by atoms with Gasteiger partial charge < -0.3 is 15.0 Å². The first-order valence-corrected chi connectivity index (χ1v) is 6.04. The van der Waals surface area contributed by atoms with Gasteiger partial charge in [-0.3, -0.25) is 10.1 Å². The van der Waals surface area contributed by atoms with E-state index in [1.54, 1.807) is 12.1 Å². The Morgan fingerprint density at radius 3 is 2.70 bits per heavy atom. The van der Waals surface area contributed by atoms with Crippen molar-refractivity contribution in [1.82, 2.24) is 5.16 Å². The molecule has 106 valence electrons. The van der Waals surface area contributed by atoms with E-state index in [1.807, 2.05) is 13.8 Å². The van der Waals surface area contributed by atoms with Crippen LogP contribution in [0.5, 0.6) is 5.75 Å². The number of anilines is 1. The maximum absolute atomic E-state index is 11.0. The van der Waals surface area contributed by atoms with Gasteiger partial charge in [0.25, 0.3) is 0 Å². The highest BCUT2D eigenvalue weighted by molar-refractivity contribution is 5.76. The largest absolute Gasteiger partial charge is 0.490 e. The van der Waals surface area contributed by atoms with Crippen molar-refractivity contribution in [2.75, 3.05) is 12.8 Å². The first-order valence-electron chi connectivity index (χ1n) is 6.04. The summed E-state index contributed by atoms with van der Waals surface area (Å²) in [5, 5.41) is 14.8. The Hall–Kier alpha value is -2.57. The number of rotatable bonds is 4. The summed E-state index contributed by atoms with van der Waals surface area (Å²) in [5.74, 6) is 0.886. The van der Waals surface area contributed by atoms with Crippen molar-refractivity contribution in [3.8, 4) is 17.1 Å². The minimum Gasteiger partial charge on any atom is -0.490 e. The third-order valence-electron chi connectivity index (χ3n) is 2.97. The number of nitrogens with two attached hydrogens (primary N) is 1. The summed E-state index contributed by atoms with van der Waals surface area (Å²) in [6.45, 7) is 3.88. The van der Waals surface area contributed by atoms with Gasteiger partial charge in [-0.15, -0.1) is 0 Å². The lowest BCUT2D eigenvalue weighted by Crippen LogP contribution is -1.98. The summed E-state index contributed by atoms with van der Waals surface area (Å²) < 4.78 is 10.4. The first-order chi connectivity index (χ1) is 9.47. The second-order valence-electron chi connectivity index (χ2n) is 4.58. The quantitative estimate of drug-likeness (QED) is 0.680. The predicted octanol–water partition coefficient (Wildman–Crippen LogP) is 2.96. The Kier molecular flexibility index (Phi) is 3.60. The van der Waals surface area contributed by atoms with E-state index in [1.165, 1.54) is 13.2 Å². The molecule has 0 saturated heterocycles. The molecule has 2 rings (SSSR count). The second kappa shape index (κ2) is 5.20. The molecule has 0 unspecified atom stereocenters. The third-order valence-corrected chi connectivity index (χ3v) is 2.97. The van der Waals surface area contributed by atoms with E-state index in [0.717, 1.165) is 0 Å². The minimum atomic E-state index is -0.503. The molecular weight excluding hydrogens is 262 g/mol. The monoisotopic (exact) mass is 277 g/mol. The number of hydrogen-bond acceptors (Lipinski definition) is 6. The molecular formula is C13H15N3O4. The molecule has 0 amide bonds. The third kappa shape index (κ3) is 2.18. The van der Waals surface area contributed by atoms with Crippen LogP contribution in [0.4, 0.5) is 11.5 Å². The van der Waals surface area contributed by atoms with Crippen LogP contribution in [0, 0.1) is 10.1 Å². The van der Waals surface area contributed by atoms with Crippen LogP contribution < -0.4 is 10.5 Å². The molecule has 0 radical (unpaired) electrons. The second-order valence-corrected chi connectivity index (χ2v) is 4.58. The number of para-hydroxylation sites is 1. The van der Waals surface area contributed by atoms with Crippen LogP contribution in [-0.2, 0) is 0 Å². The van der Waals surface area contributed by atoms with E-state index in [0.29, 0.717) is 16.9 Å². The maximum atomic E-state index is 11.0. The molecule has 20 heavy (non-hydrogen) atoms. The normalized spacial score (nSPS) is 10.8. The molecule has 2 N–H and O–H groups in total. The Morgan fingerprint density at radius 2 is 2.15 bits per heavy atom. The molecule has 0 aliphatic heterocycles. The van der Waals surface area contributed by atoms with E-state index in [-0.39, 0.29) is 23.2 Å². The lowest BCUT2D eigenvalue weighted by Gasteiger charge is -2.09. The molecule has 0 spiro atoms. The SMILES string of the molecule is COc1c(-c2onc(N)c2C(C)C)cccc1[N+](=O)[O-]. The molecule has 1 aromatic heterocycles. The fraction of sp³-hybridized carbons (Fsp3) is 0.308. The van der Waals surface area contributed by atoms with Crippen LogP contribution in [-0.4, -0.2) is 17.2 Å². The van der Waals surface area contributed by atoms with Crippen LogP contribution in [0.25, 0.3) is 11.3 Å². The fourth-order valence-electron chi connectivity index (χ4n) is 2.12. The van der Waals surface area contributed by atoms with Crippen molar-refractivity contribution in [1.29, 1.82) is 0 Å². The number of nitro groups is 1. The van der Waals surface area contributed by atoms with E-state index in [2.05, 4.69) is 5.16 Å². The number of hydrogen-bond donors (Lipinski definition) is 1. The minimum absolute atomic E-state index is 0.0696. The lowest BCUT2D eigenvalue weighted by molar-refractivity contribution is -0.385. The zero-order valence-electron chi connectivity index (χ0n) is 11.4. The number of nitro benzene ring substituents is 1. The van der Waals surface area contributed by atoms with Crippen LogP contribution in [0.1, 0.15) is 25.3 Å². The number of ether oxygens (including phenoxy) is 1. The van der Waals surface area contributed by atoms with Gasteiger partial charge in [-0.05, 0) is 12.0 Å². The van der Waals surface area contributed by atoms with Crippen LogP contribution in [0.15, 0.2) is 22.7 Å². The highest BCUT2D eigenvalue weighted by atomic mass is 16.6. The Balaban J connectivity index is 2.70. The molecule has 1 aromatic carbocycles. The highest BCUT2D eigenvalue weighted by Crippen LogP contribution is 2.42. The van der Waals surface area contributed by atoms with Gasteiger partial charge in [-0.25, -0.2) is 0 Å². The van der Waals surface area contributed by atoms with Gasteiger partial charge in [0.05, 0.1) is 17.6 Å². The van der Waals surface area contributed by atoms with E-state index >= 15 is 0 Å². The summed E-state index contributed by atoms with van der Waals surface area (Å²) in [5.41, 5.74) is 6.84. The molecule has 0 aliphatic rings. The number of methoxy groups -OCH3 is 1. The van der Waals surface area contributed by atoms with Gasteiger partial charge in [0.2, 0.25) is 5.75 Å². The Morgan fingerprint density at radius 1 is 1.45 bits per heavy atom. The zero-order chi connectivity index (χ0) is 14.9. The highest BCUT2D eigenvalue weighted by Gasteiger charge is 2.26. The molecule has 0 aliphatic carbocycles. The maximum Gasteiger partial charge on any atom is 0.311 e. The van der Waals surface area contributed by atoms with Crippen molar-refractivity contribution in [3.05, 3.63) is 33.9 Å². The number of aromatic nitrogens is 1. The van der Waals surface area contributed by atoms with Crippen molar-refractivity contribution >= 4 is 11.5 Å². The smallest absolute Gasteiger partial charge is 0.311 e. The molecule has 0 saturated carbocycles. The van der Waals surface area contributed by atoms with Gasteiger partial charge in [0.1, 0.15) is 0 Å². The fourth-order valence-corrected chi connectivity index (χ4v) is 2.12. The average molecular weight is 277 g/mol. The summed E-state index contributed by atoms with van der Waals surface area (Å²) in [6.07, 6.45) is 0. The summed E-state index contributed by atoms with van der Waals surface area (Å²) in [7, 11) is 1.38. The Labute approximate surface area is 115 Å². The van der Waals surface area contributed by atoms with Crippen molar-refractivity contribution in [3.63, 3.8) is 0 Å². The molecule has 7 heteroatoms.